The number of fused-ring (bicyclic) bond motifs is 1. The molecule has 34 heavy (non-hydrogen) atoms. The van der Waals surface area contributed by atoms with E-state index in [2.05, 4.69) is 51.5 Å². The van der Waals surface area contributed by atoms with Crippen molar-refractivity contribution in [2.75, 3.05) is 25.0 Å². The molecule has 0 radical (unpaired) electrons. The molecule has 2 aromatic heterocycles. The zero-order valence-corrected chi connectivity index (χ0v) is 20.1. The molecule has 174 valence electrons. The number of aromatic amines is 1. The second-order valence-electron chi connectivity index (χ2n) is 9.11. The van der Waals surface area contributed by atoms with Crippen LogP contribution in [0, 0.1) is 6.92 Å². The van der Waals surface area contributed by atoms with Crippen LogP contribution in [0.4, 0.5) is 5.69 Å². The Morgan fingerprint density at radius 1 is 1.18 bits per heavy atom. The van der Waals surface area contributed by atoms with Gasteiger partial charge in [0.1, 0.15) is 0 Å². The molecule has 0 bridgehead atoms. The van der Waals surface area contributed by atoms with Gasteiger partial charge in [-0.2, -0.15) is 0 Å². The van der Waals surface area contributed by atoms with Crippen molar-refractivity contribution in [1.29, 1.82) is 0 Å². The number of hydrogen-bond donors (Lipinski definition) is 2. The minimum atomic E-state index is -0.136. The second-order valence-corrected chi connectivity index (χ2v) is 9.52. The molecule has 0 unspecified atom stereocenters. The van der Waals surface area contributed by atoms with Gasteiger partial charge in [0, 0.05) is 36.2 Å². The monoisotopic (exact) mass is 472 g/mol. The zero-order valence-electron chi connectivity index (χ0n) is 19.4. The Balaban J connectivity index is 1.18. The maximum Gasteiger partial charge on any atom is 0.257 e. The van der Waals surface area contributed by atoms with Gasteiger partial charge in [-0.3, -0.25) is 9.78 Å². The first-order chi connectivity index (χ1) is 16.6. The average Bonchev–Trinajstić information content (AvgIpc) is 3.31. The molecule has 0 atom stereocenters. The number of nitrogens with zero attached hydrogens (tertiary/aromatic N) is 2. The first-order valence-electron chi connectivity index (χ1n) is 11.9. The van der Waals surface area contributed by atoms with Crippen LogP contribution in [-0.4, -0.2) is 40.4 Å². The minimum absolute atomic E-state index is 0.136. The van der Waals surface area contributed by atoms with Gasteiger partial charge in [0.15, 0.2) is 0 Å². The summed E-state index contributed by atoms with van der Waals surface area (Å²) >= 11 is 6.35. The molecule has 2 aromatic carbocycles. The summed E-state index contributed by atoms with van der Waals surface area (Å²) in [6, 6.07) is 15.8. The molecule has 0 spiro atoms. The van der Waals surface area contributed by atoms with E-state index in [4.69, 9.17) is 11.6 Å². The van der Waals surface area contributed by atoms with Crippen molar-refractivity contribution in [1.82, 2.24) is 14.9 Å². The van der Waals surface area contributed by atoms with Gasteiger partial charge in [0.2, 0.25) is 0 Å². The summed E-state index contributed by atoms with van der Waals surface area (Å²) in [5.41, 5.74) is 6.36. The Bertz CT molecular complexity index is 1290. The lowest BCUT2D eigenvalue weighted by molar-refractivity contribution is 0.102. The lowest BCUT2D eigenvalue weighted by Crippen LogP contribution is -2.34. The first-order valence-corrected chi connectivity index (χ1v) is 12.2. The highest BCUT2D eigenvalue weighted by molar-refractivity contribution is 6.35. The van der Waals surface area contributed by atoms with Crippen molar-refractivity contribution in [2.45, 2.75) is 32.1 Å². The molecule has 3 heterocycles. The SMILES string of the molecule is Cc1ccc(NC(=O)c2cccnc2)cc1CCN1CCC(c2c[nH]c3c(Cl)cccc23)CC1. The number of hydrogen-bond acceptors (Lipinski definition) is 3. The van der Waals surface area contributed by atoms with Gasteiger partial charge >= 0.3 is 0 Å². The number of piperidine rings is 1. The maximum atomic E-state index is 12.5. The van der Waals surface area contributed by atoms with E-state index in [-0.39, 0.29) is 5.91 Å². The number of rotatable bonds is 6. The van der Waals surface area contributed by atoms with Crippen LogP contribution >= 0.6 is 11.6 Å². The third-order valence-corrected chi connectivity index (χ3v) is 7.27. The molecule has 4 aromatic rings. The number of para-hydroxylation sites is 1. The third kappa shape index (κ3) is 4.86. The number of aromatic nitrogens is 2. The van der Waals surface area contributed by atoms with E-state index >= 15 is 0 Å². The predicted molar refractivity (Wildman–Crippen MR) is 139 cm³/mol. The topological polar surface area (TPSA) is 61.0 Å². The van der Waals surface area contributed by atoms with Crippen LogP contribution in [0.3, 0.4) is 0 Å². The van der Waals surface area contributed by atoms with Gasteiger partial charge in [-0.25, -0.2) is 0 Å². The Kier molecular flexibility index (Phi) is 6.66. The van der Waals surface area contributed by atoms with Crippen LogP contribution < -0.4 is 5.32 Å². The molecule has 5 nitrogen and oxygen atoms in total. The Morgan fingerprint density at radius 3 is 2.82 bits per heavy atom. The number of halogens is 1. The summed E-state index contributed by atoms with van der Waals surface area (Å²) in [6.45, 7) is 5.34. The highest BCUT2D eigenvalue weighted by Crippen LogP contribution is 2.35. The fourth-order valence-electron chi connectivity index (χ4n) is 4.94. The molecule has 2 N–H and O–H groups in total. The molecule has 1 amide bonds. The number of pyridine rings is 1. The highest BCUT2D eigenvalue weighted by atomic mass is 35.5. The first kappa shape index (κ1) is 22.6. The fraction of sp³-hybridized carbons (Fsp3) is 0.286. The number of nitrogens with one attached hydrogen (secondary N) is 2. The highest BCUT2D eigenvalue weighted by Gasteiger charge is 2.23. The molecular formula is C28H29ClN4O. The van der Waals surface area contributed by atoms with Crippen LogP contribution in [0.5, 0.6) is 0 Å². The Labute approximate surface area is 205 Å². The molecule has 1 fully saturated rings. The Morgan fingerprint density at radius 2 is 2.03 bits per heavy atom. The molecule has 0 saturated carbocycles. The number of likely N-dealkylation sites (tertiary alicyclic amines) is 1. The van der Waals surface area contributed by atoms with E-state index in [0.717, 1.165) is 55.1 Å². The van der Waals surface area contributed by atoms with Crippen molar-refractivity contribution < 1.29 is 4.79 Å². The zero-order chi connectivity index (χ0) is 23.5. The number of carbonyl (C=O) groups excluding carboxylic acids is 1. The summed E-state index contributed by atoms with van der Waals surface area (Å²) in [6.07, 6.45) is 8.67. The molecule has 0 aliphatic carbocycles. The van der Waals surface area contributed by atoms with Crippen molar-refractivity contribution >= 4 is 34.1 Å². The van der Waals surface area contributed by atoms with Crippen molar-refractivity contribution in [3.63, 3.8) is 0 Å². The lowest BCUT2D eigenvalue weighted by atomic mass is 9.89. The molecular weight excluding hydrogens is 444 g/mol. The van der Waals surface area contributed by atoms with Crippen molar-refractivity contribution in [3.8, 4) is 0 Å². The summed E-state index contributed by atoms with van der Waals surface area (Å²) in [5.74, 6) is 0.430. The largest absolute Gasteiger partial charge is 0.360 e. The molecule has 1 aliphatic heterocycles. The van der Waals surface area contributed by atoms with Crippen molar-refractivity contribution in [3.05, 3.63) is 94.4 Å². The quantitative estimate of drug-likeness (QED) is 0.351. The number of benzene rings is 2. The fourth-order valence-corrected chi connectivity index (χ4v) is 5.17. The van der Waals surface area contributed by atoms with Gasteiger partial charge in [0.05, 0.1) is 16.1 Å². The molecule has 5 rings (SSSR count). The van der Waals surface area contributed by atoms with Crippen LogP contribution in [0.25, 0.3) is 10.9 Å². The minimum Gasteiger partial charge on any atom is -0.360 e. The van der Waals surface area contributed by atoms with E-state index < -0.39 is 0 Å². The van der Waals surface area contributed by atoms with Crippen LogP contribution in [0.1, 0.15) is 45.8 Å². The summed E-state index contributed by atoms with van der Waals surface area (Å²) in [5, 5.41) is 5.04. The van der Waals surface area contributed by atoms with Crippen molar-refractivity contribution in [2.24, 2.45) is 0 Å². The number of carbonyl (C=O) groups is 1. The van der Waals surface area contributed by atoms with E-state index in [0.29, 0.717) is 11.5 Å². The summed E-state index contributed by atoms with van der Waals surface area (Å²) in [4.78, 5) is 22.4. The van der Waals surface area contributed by atoms with Crippen LogP contribution in [-0.2, 0) is 6.42 Å². The third-order valence-electron chi connectivity index (χ3n) is 6.95. The van der Waals surface area contributed by atoms with Gasteiger partial charge < -0.3 is 15.2 Å². The number of H-pyrrole nitrogens is 1. The number of aryl methyl sites for hydroxylation is 1. The van der Waals surface area contributed by atoms with E-state index in [1.165, 1.54) is 22.1 Å². The summed E-state index contributed by atoms with van der Waals surface area (Å²) < 4.78 is 0. The smallest absolute Gasteiger partial charge is 0.257 e. The maximum absolute atomic E-state index is 12.5. The number of amides is 1. The van der Waals surface area contributed by atoms with Gasteiger partial charge in [-0.1, -0.05) is 29.8 Å². The van der Waals surface area contributed by atoms with Crippen LogP contribution in [0.2, 0.25) is 5.02 Å². The standard InChI is InChI=1S/C28H29ClN4O/c1-19-7-8-23(32-28(34)22-4-3-12-30-17-22)16-21(19)11-15-33-13-9-20(10-14-33)25-18-31-27-24(25)5-2-6-26(27)29/h2-8,12,16-18,20,31H,9-11,13-15H2,1H3,(H,32,34). The van der Waals surface area contributed by atoms with Gasteiger partial charge in [-0.15, -0.1) is 0 Å². The number of anilines is 1. The average molecular weight is 473 g/mol. The van der Waals surface area contributed by atoms with Gasteiger partial charge in [-0.05, 0) is 92.2 Å². The molecule has 1 saturated heterocycles. The molecule has 1 aliphatic rings. The van der Waals surface area contributed by atoms with E-state index in [1.54, 1.807) is 24.5 Å². The van der Waals surface area contributed by atoms with E-state index in [9.17, 15) is 4.79 Å². The normalized spacial score (nSPS) is 15.0. The lowest BCUT2D eigenvalue weighted by Gasteiger charge is -2.32. The van der Waals surface area contributed by atoms with Crippen LogP contribution in [0.15, 0.2) is 67.1 Å². The molecule has 6 heteroatoms. The predicted octanol–water partition coefficient (Wildman–Crippen LogP) is 6.20. The second kappa shape index (κ2) is 10.00. The van der Waals surface area contributed by atoms with Gasteiger partial charge in [0.25, 0.3) is 5.91 Å². The summed E-state index contributed by atoms with van der Waals surface area (Å²) in [7, 11) is 0. The van der Waals surface area contributed by atoms with E-state index in [1.807, 2.05) is 18.2 Å². The Hall–Kier alpha value is -3.15.